The number of aromatic nitrogens is 2. The van der Waals surface area contributed by atoms with E-state index >= 15 is 0 Å². The molecule has 6 heterocycles. The Kier molecular flexibility index (Phi) is 8.90. The first kappa shape index (κ1) is 32.4. The van der Waals surface area contributed by atoms with E-state index in [0.29, 0.717) is 60.4 Å². The molecule has 0 unspecified atom stereocenters. The predicted molar refractivity (Wildman–Crippen MR) is 169 cm³/mol. The SMILES string of the molecule is CCc1c2c(nc3ccc(OC(=O)N4CCC(N5CCCCC5)CC4)cc13)-c1cc3c(c(=O)n1C2)COC(=O)[C@]3(O)CC.O=[N+]([O-])O. The number of benzene rings is 1. The predicted octanol–water partition coefficient (Wildman–Crippen LogP) is 3.74. The Bertz CT molecular complexity index is 1790. The summed E-state index contributed by atoms with van der Waals surface area (Å²) < 4.78 is 12.7. The molecule has 14 heteroatoms. The van der Waals surface area contributed by atoms with Crippen LogP contribution in [0.3, 0.4) is 0 Å². The van der Waals surface area contributed by atoms with Crippen LogP contribution >= 0.6 is 0 Å². The van der Waals surface area contributed by atoms with E-state index in [9.17, 15) is 19.5 Å². The molecule has 2 fully saturated rings. The van der Waals surface area contributed by atoms with Gasteiger partial charge >= 0.3 is 12.1 Å². The molecule has 1 aromatic carbocycles. The van der Waals surface area contributed by atoms with Crippen molar-refractivity contribution in [3.8, 4) is 17.1 Å². The third-order valence-electron chi connectivity index (χ3n) is 9.97. The smallest absolute Gasteiger partial charge is 0.415 e. The van der Waals surface area contributed by atoms with Crippen LogP contribution in [0.5, 0.6) is 5.75 Å². The first-order valence-electron chi connectivity index (χ1n) is 16.2. The molecule has 1 atom stereocenters. The monoisotopic (exact) mass is 649 g/mol. The zero-order chi connectivity index (χ0) is 33.5. The van der Waals surface area contributed by atoms with Gasteiger partial charge in [-0.15, -0.1) is 10.1 Å². The topological polar surface area (TPSA) is 178 Å². The van der Waals surface area contributed by atoms with Crippen LogP contribution in [0.2, 0.25) is 0 Å². The second-order valence-corrected chi connectivity index (χ2v) is 12.5. The normalized spacial score (nSPS) is 20.8. The quantitative estimate of drug-likeness (QED) is 0.187. The molecule has 0 saturated carbocycles. The third-order valence-corrected chi connectivity index (χ3v) is 9.97. The molecular formula is C33H39N5O9. The lowest BCUT2D eigenvalue weighted by Gasteiger charge is -2.39. The number of rotatable bonds is 4. The van der Waals surface area contributed by atoms with E-state index < -0.39 is 16.7 Å². The van der Waals surface area contributed by atoms with Crippen LogP contribution in [0.25, 0.3) is 22.3 Å². The van der Waals surface area contributed by atoms with E-state index in [-0.39, 0.29) is 24.7 Å². The van der Waals surface area contributed by atoms with Crippen LogP contribution in [-0.2, 0) is 34.7 Å². The Hall–Kier alpha value is -4.56. The number of carbonyl (C=O) groups is 2. The van der Waals surface area contributed by atoms with Crippen molar-refractivity contribution in [1.82, 2.24) is 19.4 Å². The van der Waals surface area contributed by atoms with Crippen LogP contribution in [0.4, 0.5) is 4.79 Å². The first-order valence-corrected chi connectivity index (χ1v) is 16.2. The summed E-state index contributed by atoms with van der Waals surface area (Å²) in [7, 11) is 0. The van der Waals surface area contributed by atoms with Crippen molar-refractivity contribution in [1.29, 1.82) is 0 Å². The number of amides is 1. The number of nitrogens with zero attached hydrogens (tertiary/aromatic N) is 5. The van der Waals surface area contributed by atoms with Crippen molar-refractivity contribution in [2.45, 2.75) is 83.6 Å². The molecule has 4 aliphatic heterocycles. The fraction of sp³-hybridized carbons (Fsp3) is 0.515. The number of piperidine rings is 2. The zero-order valence-corrected chi connectivity index (χ0v) is 26.6. The number of fused-ring (bicyclic) bond motifs is 5. The number of likely N-dealkylation sites (tertiary alicyclic amines) is 2. The highest BCUT2D eigenvalue weighted by atomic mass is 16.9. The fourth-order valence-corrected chi connectivity index (χ4v) is 7.47. The van der Waals surface area contributed by atoms with Crippen molar-refractivity contribution in [2.75, 3.05) is 26.2 Å². The number of hydrogen-bond acceptors (Lipinski definition) is 10. The van der Waals surface area contributed by atoms with E-state index in [0.717, 1.165) is 34.9 Å². The lowest BCUT2D eigenvalue weighted by molar-refractivity contribution is -0.742. The number of cyclic esters (lactones) is 1. The minimum Gasteiger partial charge on any atom is -0.458 e. The summed E-state index contributed by atoms with van der Waals surface area (Å²) in [6, 6.07) is 7.77. The third kappa shape index (κ3) is 5.91. The maximum Gasteiger partial charge on any atom is 0.415 e. The second-order valence-electron chi connectivity index (χ2n) is 12.5. The first-order chi connectivity index (χ1) is 22.5. The Morgan fingerprint density at radius 2 is 1.81 bits per heavy atom. The van der Waals surface area contributed by atoms with Crippen LogP contribution in [0, 0.1) is 10.1 Å². The van der Waals surface area contributed by atoms with Crippen LogP contribution in [0.1, 0.15) is 74.6 Å². The number of hydrogen-bond donors (Lipinski definition) is 2. The average Bonchev–Trinajstić information content (AvgIpc) is 3.44. The van der Waals surface area contributed by atoms with Gasteiger partial charge in [-0.05, 0) is 81.4 Å². The number of carbonyl (C=O) groups excluding carboxylic acids is 2. The van der Waals surface area contributed by atoms with Gasteiger partial charge in [0.1, 0.15) is 12.4 Å². The maximum absolute atomic E-state index is 13.6. The molecule has 4 aliphatic rings. The van der Waals surface area contributed by atoms with Crippen molar-refractivity contribution < 1.29 is 34.5 Å². The van der Waals surface area contributed by atoms with Gasteiger partial charge in [-0.1, -0.05) is 20.3 Å². The Morgan fingerprint density at radius 3 is 2.47 bits per heavy atom. The molecule has 3 aromatic rings. The summed E-state index contributed by atoms with van der Waals surface area (Å²) in [5.41, 5.74) is 2.38. The van der Waals surface area contributed by atoms with Crippen molar-refractivity contribution in [2.24, 2.45) is 0 Å². The number of pyridine rings is 2. The Morgan fingerprint density at radius 1 is 1.11 bits per heavy atom. The van der Waals surface area contributed by atoms with Crippen molar-refractivity contribution >= 4 is 23.0 Å². The molecule has 2 aromatic heterocycles. The minimum atomic E-state index is -1.86. The molecule has 250 valence electrons. The maximum atomic E-state index is 13.6. The van der Waals surface area contributed by atoms with Crippen molar-refractivity contribution in [3.05, 3.63) is 67.0 Å². The summed E-state index contributed by atoms with van der Waals surface area (Å²) in [5.74, 6) is -0.266. The largest absolute Gasteiger partial charge is 0.458 e. The van der Waals surface area contributed by atoms with E-state index in [1.54, 1.807) is 23.6 Å². The molecule has 0 bridgehead atoms. The fourth-order valence-electron chi connectivity index (χ4n) is 7.47. The highest BCUT2D eigenvalue weighted by Crippen LogP contribution is 2.41. The van der Waals surface area contributed by atoms with Gasteiger partial charge < -0.3 is 34.2 Å². The summed E-state index contributed by atoms with van der Waals surface area (Å²) in [6.45, 7) is 7.65. The Balaban J connectivity index is 0.000000915. The van der Waals surface area contributed by atoms with E-state index in [4.69, 9.17) is 29.8 Å². The standard InChI is InChI=1S/C33H38N4O6.HNO3/c1-3-22-23-16-21(43-32(40)36-14-10-20(11-15-36)35-12-6-5-7-13-35)8-9-27(23)34-29-24(22)18-37-28(29)17-26-25(30(37)38)19-42-31(39)33(26,41)4-2;2-1(3)4/h8-9,16-17,20,41H,3-7,10-15,18-19H2,1-2H3;(H,2,3,4)/t33-;/m0./s1. The van der Waals surface area contributed by atoms with E-state index in [2.05, 4.69) is 11.8 Å². The van der Waals surface area contributed by atoms with Gasteiger partial charge in [0.15, 0.2) is 5.60 Å². The number of aryl methyl sites for hydroxylation is 1. The van der Waals surface area contributed by atoms with Crippen LogP contribution < -0.4 is 10.3 Å². The van der Waals surface area contributed by atoms with Gasteiger partial charge in [0.05, 0.1) is 29.0 Å². The molecule has 47 heavy (non-hydrogen) atoms. The molecule has 2 saturated heterocycles. The molecule has 14 nitrogen and oxygen atoms in total. The zero-order valence-electron chi connectivity index (χ0n) is 26.6. The molecule has 0 aliphatic carbocycles. The van der Waals surface area contributed by atoms with Crippen LogP contribution in [0.15, 0.2) is 29.1 Å². The number of ether oxygens (including phenoxy) is 2. The Labute approximate surface area is 270 Å². The van der Waals surface area contributed by atoms with Gasteiger partial charge in [-0.3, -0.25) is 4.79 Å². The summed E-state index contributed by atoms with van der Waals surface area (Å²) in [6.07, 6.45) is 6.26. The van der Waals surface area contributed by atoms with Crippen molar-refractivity contribution in [3.63, 3.8) is 0 Å². The summed E-state index contributed by atoms with van der Waals surface area (Å²) in [5, 5.41) is 25.7. The van der Waals surface area contributed by atoms with Gasteiger partial charge in [-0.2, -0.15) is 0 Å². The molecule has 1 amide bonds. The lowest BCUT2D eigenvalue weighted by Crippen LogP contribution is -2.48. The number of esters is 1. The van der Waals surface area contributed by atoms with Crippen LogP contribution in [-0.4, -0.2) is 79.0 Å². The number of aliphatic hydroxyl groups is 1. The minimum absolute atomic E-state index is 0.0951. The molecule has 7 rings (SSSR count). The van der Waals surface area contributed by atoms with Gasteiger partial charge in [0.25, 0.3) is 10.6 Å². The lowest BCUT2D eigenvalue weighted by atomic mass is 9.86. The molecule has 0 spiro atoms. The summed E-state index contributed by atoms with van der Waals surface area (Å²) in [4.78, 5) is 56.9. The molecule has 0 radical (unpaired) electrons. The van der Waals surface area contributed by atoms with Gasteiger partial charge in [0.2, 0.25) is 0 Å². The second kappa shape index (κ2) is 12.9. The van der Waals surface area contributed by atoms with E-state index in [1.165, 1.54) is 32.4 Å². The molecular weight excluding hydrogens is 610 g/mol. The van der Waals surface area contributed by atoms with E-state index in [1.807, 2.05) is 17.0 Å². The highest BCUT2D eigenvalue weighted by molar-refractivity contribution is 5.90. The molecule has 2 N–H and O–H groups in total. The van der Waals surface area contributed by atoms with Gasteiger partial charge in [0, 0.05) is 35.6 Å². The highest BCUT2D eigenvalue weighted by Gasteiger charge is 2.45. The van der Waals surface area contributed by atoms with Gasteiger partial charge in [-0.25, -0.2) is 14.6 Å². The summed E-state index contributed by atoms with van der Waals surface area (Å²) >= 11 is 0. The average molecular weight is 650 g/mol.